The fraction of sp³-hybridized carbons (Fsp3) is 0.381. The molecule has 0 heterocycles. The van der Waals surface area contributed by atoms with Crippen LogP contribution in [0.15, 0.2) is 47.5 Å². The van der Waals surface area contributed by atoms with Crippen molar-refractivity contribution in [3.63, 3.8) is 0 Å². The first-order chi connectivity index (χ1) is 12.6. The highest BCUT2D eigenvalue weighted by molar-refractivity contribution is 14.0. The molecular weight excluding hydrogens is 453 g/mol. The van der Waals surface area contributed by atoms with Crippen molar-refractivity contribution >= 4 is 29.9 Å². The zero-order valence-electron chi connectivity index (χ0n) is 16.8. The summed E-state index contributed by atoms with van der Waals surface area (Å²) in [4.78, 5) is 6.52. The van der Waals surface area contributed by atoms with E-state index in [0.29, 0.717) is 0 Å². The minimum atomic E-state index is 0. The number of likely N-dealkylation sites (N-methyl/N-ethyl adjacent to an activating group) is 1. The number of guanidine groups is 1. The van der Waals surface area contributed by atoms with Gasteiger partial charge >= 0.3 is 0 Å². The number of benzene rings is 2. The molecule has 2 rings (SSSR count). The maximum atomic E-state index is 5.37. The molecule has 0 aliphatic rings. The molecule has 0 saturated carbocycles. The lowest BCUT2D eigenvalue weighted by Crippen LogP contribution is -2.39. The van der Waals surface area contributed by atoms with Gasteiger partial charge in [0.2, 0.25) is 0 Å². The van der Waals surface area contributed by atoms with Crippen molar-refractivity contribution in [3.8, 4) is 11.5 Å². The van der Waals surface area contributed by atoms with E-state index in [9.17, 15) is 0 Å². The van der Waals surface area contributed by atoms with Crippen LogP contribution >= 0.6 is 24.0 Å². The van der Waals surface area contributed by atoms with Gasteiger partial charge in [-0.15, -0.1) is 24.0 Å². The van der Waals surface area contributed by atoms with Gasteiger partial charge in [-0.25, -0.2) is 0 Å². The summed E-state index contributed by atoms with van der Waals surface area (Å²) in [5, 5.41) is 3.42. The van der Waals surface area contributed by atoms with Gasteiger partial charge < -0.3 is 19.7 Å². The van der Waals surface area contributed by atoms with Crippen molar-refractivity contribution < 1.29 is 9.47 Å². The standard InChI is InChI=1S/C21H29N3O2.HI/c1-16-7-6-8-18(13-16)15-23-21(22-2)24(3)12-11-17-9-10-19(25-4)20(14-17)26-5;/h6-10,13-14H,11-12,15H2,1-5H3,(H,22,23);1H. The fourth-order valence-corrected chi connectivity index (χ4v) is 2.83. The molecule has 0 aromatic heterocycles. The fourth-order valence-electron chi connectivity index (χ4n) is 2.83. The lowest BCUT2D eigenvalue weighted by atomic mass is 10.1. The van der Waals surface area contributed by atoms with Crippen LogP contribution in [-0.4, -0.2) is 45.7 Å². The van der Waals surface area contributed by atoms with E-state index in [1.54, 1.807) is 14.2 Å². The van der Waals surface area contributed by atoms with Crippen molar-refractivity contribution in [3.05, 3.63) is 59.2 Å². The van der Waals surface area contributed by atoms with Crippen LogP contribution in [0.25, 0.3) is 0 Å². The van der Waals surface area contributed by atoms with Crippen LogP contribution in [0.4, 0.5) is 0 Å². The van der Waals surface area contributed by atoms with Crippen LogP contribution < -0.4 is 14.8 Å². The maximum Gasteiger partial charge on any atom is 0.193 e. The Labute approximate surface area is 179 Å². The molecule has 0 spiro atoms. The molecule has 0 atom stereocenters. The van der Waals surface area contributed by atoms with E-state index in [2.05, 4.69) is 52.5 Å². The summed E-state index contributed by atoms with van der Waals surface area (Å²) >= 11 is 0. The third-order valence-electron chi connectivity index (χ3n) is 4.29. The molecule has 27 heavy (non-hydrogen) atoms. The van der Waals surface area contributed by atoms with Crippen molar-refractivity contribution in [1.29, 1.82) is 0 Å². The monoisotopic (exact) mass is 483 g/mol. The van der Waals surface area contributed by atoms with E-state index in [1.807, 2.05) is 26.2 Å². The van der Waals surface area contributed by atoms with Gasteiger partial charge in [0, 0.05) is 27.2 Å². The van der Waals surface area contributed by atoms with Crippen LogP contribution in [0.3, 0.4) is 0 Å². The van der Waals surface area contributed by atoms with E-state index in [1.165, 1.54) is 16.7 Å². The highest BCUT2D eigenvalue weighted by Gasteiger charge is 2.08. The number of hydrogen-bond donors (Lipinski definition) is 1. The van der Waals surface area contributed by atoms with Gasteiger partial charge in [0.25, 0.3) is 0 Å². The molecule has 148 valence electrons. The second-order valence-electron chi connectivity index (χ2n) is 6.25. The largest absolute Gasteiger partial charge is 0.493 e. The number of nitrogens with one attached hydrogen (secondary N) is 1. The summed E-state index contributed by atoms with van der Waals surface area (Å²) in [5.74, 6) is 2.39. The SMILES string of the molecule is CN=C(NCc1cccc(C)c1)N(C)CCc1ccc(OC)c(OC)c1.I. The zero-order valence-corrected chi connectivity index (χ0v) is 19.1. The Bertz CT molecular complexity index is 750. The van der Waals surface area contributed by atoms with Crippen LogP contribution in [0, 0.1) is 6.92 Å². The molecule has 5 nitrogen and oxygen atoms in total. The van der Waals surface area contributed by atoms with Crippen LogP contribution in [0.1, 0.15) is 16.7 Å². The topological polar surface area (TPSA) is 46.1 Å². The average molecular weight is 483 g/mol. The van der Waals surface area contributed by atoms with Crippen molar-refractivity contribution in [2.75, 3.05) is 34.9 Å². The smallest absolute Gasteiger partial charge is 0.193 e. The van der Waals surface area contributed by atoms with E-state index >= 15 is 0 Å². The molecule has 6 heteroatoms. The average Bonchev–Trinajstić information content (AvgIpc) is 2.66. The maximum absolute atomic E-state index is 5.37. The van der Waals surface area contributed by atoms with Crippen LogP contribution in [0.2, 0.25) is 0 Å². The number of aryl methyl sites for hydroxylation is 1. The first-order valence-corrected chi connectivity index (χ1v) is 8.75. The van der Waals surface area contributed by atoms with Gasteiger partial charge in [-0.05, 0) is 36.6 Å². The molecule has 2 aromatic rings. The Morgan fingerprint density at radius 1 is 1.04 bits per heavy atom. The number of nitrogens with zero attached hydrogens (tertiary/aromatic N) is 2. The van der Waals surface area contributed by atoms with Gasteiger partial charge in [0.15, 0.2) is 17.5 Å². The number of methoxy groups -OCH3 is 2. The molecular formula is C21H30IN3O2. The number of aliphatic imine (C=N–C) groups is 1. The highest BCUT2D eigenvalue weighted by atomic mass is 127. The van der Waals surface area contributed by atoms with Gasteiger partial charge in [-0.1, -0.05) is 35.9 Å². The highest BCUT2D eigenvalue weighted by Crippen LogP contribution is 2.27. The zero-order chi connectivity index (χ0) is 18.9. The number of halogens is 1. The lowest BCUT2D eigenvalue weighted by Gasteiger charge is -2.22. The minimum absolute atomic E-state index is 0. The summed E-state index contributed by atoms with van der Waals surface area (Å²) in [5.41, 5.74) is 3.71. The molecule has 0 fully saturated rings. The second-order valence-corrected chi connectivity index (χ2v) is 6.25. The molecule has 0 bridgehead atoms. The lowest BCUT2D eigenvalue weighted by molar-refractivity contribution is 0.354. The molecule has 0 saturated heterocycles. The number of rotatable bonds is 7. The third kappa shape index (κ3) is 6.93. The van der Waals surface area contributed by atoms with Gasteiger partial charge in [-0.3, -0.25) is 4.99 Å². The Kier molecular flexibility index (Phi) is 9.99. The normalized spacial score (nSPS) is 10.8. The van der Waals surface area contributed by atoms with Crippen LogP contribution in [-0.2, 0) is 13.0 Å². The van der Waals surface area contributed by atoms with E-state index in [-0.39, 0.29) is 24.0 Å². The molecule has 0 unspecified atom stereocenters. The minimum Gasteiger partial charge on any atom is -0.493 e. The van der Waals surface area contributed by atoms with Crippen molar-refractivity contribution in [1.82, 2.24) is 10.2 Å². The Balaban J connectivity index is 0.00000364. The van der Waals surface area contributed by atoms with E-state index < -0.39 is 0 Å². The quantitative estimate of drug-likeness (QED) is 0.369. The summed E-state index contributed by atoms with van der Waals surface area (Å²) in [6, 6.07) is 14.5. The summed E-state index contributed by atoms with van der Waals surface area (Å²) in [7, 11) is 7.16. The summed E-state index contributed by atoms with van der Waals surface area (Å²) < 4.78 is 10.7. The van der Waals surface area contributed by atoms with Gasteiger partial charge in [0.05, 0.1) is 14.2 Å². The molecule has 1 N–H and O–H groups in total. The molecule has 0 aliphatic carbocycles. The third-order valence-corrected chi connectivity index (χ3v) is 4.29. The Morgan fingerprint density at radius 3 is 2.41 bits per heavy atom. The Morgan fingerprint density at radius 2 is 1.78 bits per heavy atom. The predicted molar refractivity (Wildman–Crippen MR) is 123 cm³/mol. The molecule has 0 aliphatic heterocycles. The summed E-state index contributed by atoms with van der Waals surface area (Å²) in [6.07, 6.45) is 0.891. The number of ether oxygens (including phenoxy) is 2. The molecule has 0 radical (unpaired) electrons. The van der Waals surface area contributed by atoms with E-state index in [4.69, 9.17) is 9.47 Å². The molecule has 0 amide bonds. The summed E-state index contributed by atoms with van der Waals surface area (Å²) in [6.45, 7) is 3.71. The first-order valence-electron chi connectivity index (χ1n) is 8.75. The van der Waals surface area contributed by atoms with Gasteiger partial charge in [0.1, 0.15) is 0 Å². The van der Waals surface area contributed by atoms with Gasteiger partial charge in [-0.2, -0.15) is 0 Å². The second kappa shape index (κ2) is 11.7. The van der Waals surface area contributed by atoms with E-state index in [0.717, 1.165) is 37.0 Å². The van der Waals surface area contributed by atoms with Crippen molar-refractivity contribution in [2.45, 2.75) is 19.9 Å². The predicted octanol–water partition coefficient (Wildman–Crippen LogP) is 3.88. The molecule has 2 aromatic carbocycles. The van der Waals surface area contributed by atoms with Crippen molar-refractivity contribution in [2.24, 2.45) is 4.99 Å². The Hall–Kier alpha value is -1.96. The van der Waals surface area contributed by atoms with Crippen LogP contribution in [0.5, 0.6) is 11.5 Å². The first kappa shape index (κ1) is 23.1. The number of hydrogen-bond acceptors (Lipinski definition) is 3.